The summed E-state index contributed by atoms with van der Waals surface area (Å²) in [5, 5.41) is 0. The van der Waals surface area contributed by atoms with Crippen molar-refractivity contribution in [1.82, 2.24) is 0 Å². The van der Waals surface area contributed by atoms with E-state index in [9.17, 15) is 9.59 Å². The minimum atomic E-state index is -0.844. The number of hydrogen-bond donors (Lipinski definition) is 0. The fourth-order valence-electron chi connectivity index (χ4n) is 2.92. The molecule has 6 heteroatoms. The first-order valence-corrected chi connectivity index (χ1v) is 8.38. The van der Waals surface area contributed by atoms with Crippen molar-refractivity contribution in [3.05, 3.63) is 59.7 Å². The van der Waals surface area contributed by atoms with Crippen LogP contribution in [0.25, 0.3) is 0 Å². The molecule has 26 heavy (non-hydrogen) atoms. The summed E-state index contributed by atoms with van der Waals surface area (Å²) in [6.07, 6.45) is -0.844. The maximum absolute atomic E-state index is 12.7. The molecular formula is C20H20O6. The van der Waals surface area contributed by atoms with Gasteiger partial charge in [0.05, 0.1) is 6.61 Å². The topological polar surface area (TPSA) is 71.1 Å². The molecule has 0 aliphatic carbocycles. The van der Waals surface area contributed by atoms with Crippen molar-refractivity contribution in [2.75, 3.05) is 13.4 Å². The molecular weight excluding hydrogens is 336 g/mol. The molecule has 2 atom stereocenters. The van der Waals surface area contributed by atoms with Crippen molar-refractivity contribution in [3.63, 3.8) is 0 Å². The Hall–Kier alpha value is -3.02. The molecule has 0 radical (unpaired) electrons. The molecule has 0 aromatic heterocycles. The summed E-state index contributed by atoms with van der Waals surface area (Å²) in [6, 6.07) is 14.4. The smallest absolute Gasteiger partial charge is 0.317 e. The lowest BCUT2D eigenvalue weighted by atomic mass is 9.88. The monoisotopic (exact) mass is 356 g/mol. The van der Waals surface area contributed by atoms with Gasteiger partial charge in [-0.15, -0.1) is 0 Å². The average Bonchev–Trinajstić information content (AvgIpc) is 3.09. The number of carbonyl (C=O) groups excluding carboxylic acids is 2. The Morgan fingerprint density at radius 2 is 1.77 bits per heavy atom. The summed E-state index contributed by atoms with van der Waals surface area (Å²) in [4.78, 5) is 24.5. The number of esters is 2. The van der Waals surface area contributed by atoms with Gasteiger partial charge in [-0.2, -0.15) is 0 Å². The molecule has 0 unspecified atom stereocenters. The Balaban J connectivity index is 2.05. The van der Waals surface area contributed by atoms with Gasteiger partial charge >= 0.3 is 11.9 Å². The van der Waals surface area contributed by atoms with Crippen LogP contribution in [-0.2, 0) is 19.1 Å². The van der Waals surface area contributed by atoms with E-state index in [0.29, 0.717) is 22.6 Å². The average molecular weight is 356 g/mol. The van der Waals surface area contributed by atoms with E-state index < -0.39 is 24.0 Å². The van der Waals surface area contributed by atoms with Crippen LogP contribution in [0.3, 0.4) is 0 Å². The summed E-state index contributed by atoms with van der Waals surface area (Å²) in [6.45, 7) is 3.42. The molecule has 2 aromatic carbocycles. The van der Waals surface area contributed by atoms with Crippen molar-refractivity contribution < 1.29 is 28.5 Å². The molecule has 1 heterocycles. The van der Waals surface area contributed by atoms with Gasteiger partial charge in [0.1, 0.15) is 12.0 Å². The van der Waals surface area contributed by atoms with Gasteiger partial charge in [-0.3, -0.25) is 9.59 Å². The molecule has 1 aliphatic heterocycles. The summed E-state index contributed by atoms with van der Waals surface area (Å²) in [5.41, 5.74) is 1.33. The van der Waals surface area contributed by atoms with Crippen molar-refractivity contribution >= 4 is 11.9 Å². The van der Waals surface area contributed by atoms with Gasteiger partial charge in [0.2, 0.25) is 6.79 Å². The van der Waals surface area contributed by atoms with E-state index >= 15 is 0 Å². The van der Waals surface area contributed by atoms with Gasteiger partial charge < -0.3 is 18.9 Å². The maximum atomic E-state index is 12.7. The highest BCUT2D eigenvalue weighted by Crippen LogP contribution is 2.40. The van der Waals surface area contributed by atoms with E-state index in [1.165, 1.54) is 6.92 Å². The SMILES string of the molecule is CCOC(=O)[C@H](c1ccccc1)[C@@H](OC(C)=O)c1ccc2c(c1)OCO2. The van der Waals surface area contributed by atoms with Gasteiger partial charge in [-0.25, -0.2) is 0 Å². The fraction of sp³-hybridized carbons (Fsp3) is 0.300. The summed E-state index contributed by atoms with van der Waals surface area (Å²) >= 11 is 0. The number of ether oxygens (including phenoxy) is 4. The Kier molecular flexibility index (Phi) is 5.41. The zero-order valence-electron chi connectivity index (χ0n) is 14.6. The first-order valence-electron chi connectivity index (χ1n) is 8.38. The van der Waals surface area contributed by atoms with E-state index in [-0.39, 0.29) is 13.4 Å². The summed E-state index contributed by atoms with van der Waals surface area (Å²) < 4.78 is 21.5. The van der Waals surface area contributed by atoms with E-state index in [4.69, 9.17) is 18.9 Å². The Morgan fingerprint density at radius 3 is 2.46 bits per heavy atom. The standard InChI is InChI=1S/C20H20O6/c1-3-23-20(22)18(14-7-5-4-6-8-14)19(26-13(2)21)15-9-10-16-17(11-15)25-12-24-16/h4-11,18-19H,3,12H2,1-2H3/t18-,19+/m1/s1. The minimum absolute atomic E-state index is 0.136. The maximum Gasteiger partial charge on any atom is 0.317 e. The van der Waals surface area contributed by atoms with Crippen LogP contribution in [0.1, 0.15) is 37.0 Å². The highest BCUT2D eigenvalue weighted by Gasteiger charge is 2.35. The van der Waals surface area contributed by atoms with Gasteiger partial charge in [0, 0.05) is 6.92 Å². The lowest BCUT2D eigenvalue weighted by Gasteiger charge is -2.26. The highest BCUT2D eigenvalue weighted by molar-refractivity contribution is 5.80. The first kappa shape index (κ1) is 17.8. The normalized spacial score (nSPS) is 14.4. The molecule has 0 saturated heterocycles. The summed E-state index contributed by atoms with van der Waals surface area (Å²) in [5.74, 6) is -0.570. The van der Waals surface area contributed by atoms with Gasteiger partial charge in [0.15, 0.2) is 11.5 Å². The third-order valence-corrected chi connectivity index (χ3v) is 4.02. The van der Waals surface area contributed by atoms with Crippen LogP contribution in [0, 0.1) is 0 Å². The second-order valence-corrected chi connectivity index (χ2v) is 5.78. The Labute approximate surface area is 151 Å². The molecule has 136 valence electrons. The third-order valence-electron chi connectivity index (χ3n) is 4.02. The van der Waals surface area contributed by atoms with Crippen LogP contribution in [0.2, 0.25) is 0 Å². The van der Waals surface area contributed by atoms with E-state index in [1.807, 2.05) is 30.3 Å². The predicted molar refractivity (Wildman–Crippen MR) is 92.9 cm³/mol. The zero-order chi connectivity index (χ0) is 18.5. The van der Waals surface area contributed by atoms with Crippen molar-refractivity contribution in [3.8, 4) is 11.5 Å². The van der Waals surface area contributed by atoms with E-state index in [1.54, 1.807) is 25.1 Å². The number of rotatable bonds is 6. The molecule has 0 bridgehead atoms. The third kappa shape index (κ3) is 3.79. The highest BCUT2D eigenvalue weighted by atomic mass is 16.7. The van der Waals surface area contributed by atoms with Crippen molar-refractivity contribution in [2.24, 2.45) is 0 Å². The first-order chi connectivity index (χ1) is 12.6. The molecule has 0 saturated carbocycles. The molecule has 0 spiro atoms. The van der Waals surface area contributed by atoms with Crippen molar-refractivity contribution in [1.29, 1.82) is 0 Å². The Morgan fingerprint density at radius 1 is 1.04 bits per heavy atom. The second kappa shape index (κ2) is 7.91. The van der Waals surface area contributed by atoms with E-state index in [0.717, 1.165) is 0 Å². The molecule has 1 aliphatic rings. The van der Waals surface area contributed by atoms with Crippen LogP contribution in [0.4, 0.5) is 0 Å². The number of benzene rings is 2. The lowest BCUT2D eigenvalue weighted by Crippen LogP contribution is -2.26. The van der Waals surface area contributed by atoms with Gasteiger partial charge in [0.25, 0.3) is 0 Å². The van der Waals surface area contributed by atoms with Crippen LogP contribution in [0.15, 0.2) is 48.5 Å². The number of carbonyl (C=O) groups is 2. The summed E-state index contributed by atoms with van der Waals surface area (Å²) in [7, 11) is 0. The van der Waals surface area contributed by atoms with E-state index in [2.05, 4.69) is 0 Å². The van der Waals surface area contributed by atoms with Crippen LogP contribution >= 0.6 is 0 Å². The van der Waals surface area contributed by atoms with Crippen LogP contribution in [-0.4, -0.2) is 25.3 Å². The Bertz CT molecular complexity index is 786. The quantitative estimate of drug-likeness (QED) is 0.739. The van der Waals surface area contributed by atoms with Crippen LogP contribution < -0.4 is 9.47 Å². The number of hydrogen-bond acceptors (Lipinski definition) is 6. The minimum Gasteiger partial charge on any atom is -0.465 e. The molecule has 0 N–H and O–H groups in total. The lowest BCUT2D eigenvalue weighted by molar-refractivity contribution is -0.156. The second-order valence-electron chi connectivity index (χ2n) is 5.78. The molecule has 6 nitrogen and oxygen atoms in total. The van der Waals surface area contributed by atoms with Crippen LogP contribution in [0.5, 0.6) is 11.5 Å². The molecule has 3 rings (SSSR count). The zero-order valence-corrected chi connectivity index (χ0v) is 14.6. The fourth-order valence-corrected chi connectivity index (χ4v) is 2.92. The predicted octanol–water partition coefficient (Wildman–Crippen LogP) is 3.37. The molecule has 0 amide bonds. The number of fused-ring (bicyclic) bond motifs is 1. The molecule has 2 aromatic rings. The van der Waals surface area contributed by atoms with Gasteiger partial charge in [-0.1, -0.05) is 36.4 Å². The largest absolute Gasteiger partial charge is 0.465 e. The molecule has 0 fully saturated rings. The van der Waals surface area contributed by atoms with Gasteiger partial charge in [-0.05, 0) is 30.2 Å². The van der Waals surface area contributed by atoms with Crippen molar-refractivity contribution in [2.45, 2.75) is 25.9 Å².